The molecule has 29 heavy (non-hydrogen) atoms. The Labute approximate surface area is 184 Å². The first-order chi connectivity index (χ1) is 13.9. The van der Waals surface area contributed by atoms with Crippen molar-refractivity contribution in [2.45, 2.75) is 15.5 Å². The zero-order valence-electron chi connectivity index (χ0n) is 15.6. The lowest BCUT2D eigenvalue weighted by Gasteiger charge is -2.38. The molecule has 2 aromatic carbocycles. The van der Waals surface area contributed by atoms with E-state index in [4.69, 9.17) is 5.21 Å². The Bertz CT molecular complexity index is 982. The van der Waals surface area contributed by atoms with Gasteiger partial charge in [0.2, 0.25) is 10.0 Å². The second kappa shape index (κ2) is 9.81. The molecular formula is C20H22IN3O4S. The molecule has 2 aromatic rings. The van der Waals surface area contributed by atoms with Crippen molar-refractivity contribution in [2.75, 3.05) is 19.6 Å². The molecule has 154 valence electrons. The van der Waals surface area contributed by atoms with Crippen LogP contribution >= 0.6 is 22.6 Å². The highest BCUT2D eigenvalue weighted by Crippen LogP contribution is 2.26. The molecule has 1 aliphatic heterocycles. The first kappa shape index (κ1) is 21.9. The van der Waals surface area contributed by atoms with Crippen LogP contribution in [0.5, 0.6) is 0 Å². The molecule has 1 aliphatic rings. The minimum Gasteiger partial charge on any atom is -0.295 e. The summed E-state index contributed by atoms with van der Waals surface area (Å²) in [6.45, 7) is 2.51. The molecule has 2 N–H and O–H groups in total. The zero-order chi connectivity index (χ0) is 20.9. The molecule has 9 heteroatoms. The summed E-state index contributed by atoms with van der Waals surface area (Å²) in [7, 11) is -3.66. The summed E-state index contributed by atoms with van der Waals surface area (Å²) in [5.41, 5.74) is 3.27. The smallest absolute Gasteiger partial charge is 0.267 e. The average Bonchev–Trinajstić information content (AvgIpc) is 2.73. The topological polar surface area (TPSA) is 90.0 Å². The van der Waals surface area contributed by atoms with Crippen LogP contribution in [0.4, 0.5) is 0 Å². The number of halogens is 1. The predicted molar refractivity (Wildman–Crippen MR) is 119 cm³/mol. The molecule has 1 fully saturated rings. The summed E-state index contributed by atoms with van der Waals surface area (Å²) >= 11 is 2.18. The Hall–Kier alpha value is -1.79. The van der Waals surface area contributed by atoms with Gasteiger partial charge in [-0.05, 0) is 29.3 Å². The molecule has 1 saturated heterocycles. The number of carbonyl (C=O) groups excluding carboxylic acids is 1. The quantitative estimate of drug-likeness (QED) is 0.151. The van der Waals surface area contributed by atoms with Gasteiger partial charge >= 0.3 is 0 Å². The number of carbonyl (C=O) groups is 1. The maximum Gasteiger partial charge on any atom is 0.267 e. The second-order valence-corrected chi connectivity index (χ2v) is 9.98. The van der Waals surface area contributed by atoms with E-state index in [0.717, 1.165) is 12.6 Å². The highest BCUT2D eigenvalue weighted by atomic mass is 127. The molecule has 0 aromatic heterocycles. The van der Waals surface area contributed by atoms with E-state index < -0.39 is 15.9 Å². The Kier molecular flexibility index (Phi) is 7.41. The summed E-state index contributed by atoms with van der Waals surface area (Å²) in [4.78, 5) is 13.6. The first-order valence-corrected chi connectivity index (χ1v) is 11.7. The molecule has 1 heterocycles. The van der Waals surface area contributed by atoms with Crippen molar-refractivity contribution in [3.05, 3.63) is 71.8 Å². The lowest BCUT2D eigenvalue weighted by atomic mass is 10.2. The van der Waals surface area contributed by atoms with Crippen LogP contribution in [0.1, 0.15) is 11.1 Å². The fraction of sp³-hybridized carbons (Fsp3) is 0.250. The third-order valence-electron chi connectivity index (χ3n) is 4.61. The fourth-order valence-electron chi connectivity index (χ4n) is 3.15. The van der Waals surface area contributed by atoms with Crippen molar-refractivity contribution < 1.29 is 18.4 Å². The van der Waals surface area contributed by atoms with Crippen molar-refractivity contribution in [2.24, 2.45) is 0 Å². The van der Waals surface area contributed by atoms with E-state index in [-0.39, 0.29) is 8.94 Å². The Balaban J connectivity index is 1.71. The molecule has 1 atom stereocenters. The van der Waals surface area contributed by atoms with Gasteiger partial charge in [0.1, 0.15) is 0 Å². The summed E-state index contributed by atoms with van der Waals surface area (Å²) in [6.07, 6.45) is 2.58. The van der Waals surface area contributed by atoms with E-state index in [1.165, 1.54) is 27.5 Å². The monoisotopic (exact) mass is 527 g/mol. The molecule has 0 aliphatic carbocycles. The van der Waals surface area contributed by atoms with Gasteiger partial charge in [0.05, 0.1) is 8.94 Å². The average molecular weight is 527 g/mol. The van der Waals surface area contributed by atoms with E-state index in [2.05, 4.69) is 39.6 Å². The van der Waals surface area contributed by atoms with Gasteiger partial charge < -0.3 is 0 Å². The minimum absolute atomic E-state index is 0.183. The van der Waals surface area contributed by atoms with E-state index in [1.54, 1.807) is 18.2 Å². The number of hydrogen-bond acceptors (Lipinski definition) is 5. The van der Waals surface area contributed by atoms with Crippen LogP contribution in [0, 0.1) is 0 Å². The number of amides is 1. The number of nitrogens with zero attached hydrogens (tertiary/aromatic N) is 2. The normalized spacial score (nSPS) is 18.8. The van der Waals surface area contributed by atoms with Crippen LogP contribution in [0.3, 0.4) is 0 Å². The first-order valence-electron chi connectivity index (χ1n) is 9.04. The lowest BCUT2D eigenvalue weighted by Crippen LogP contribution is -2.52. The molecule has 3 rings (SSSR count). The van der Waals surface area contributed by atoms with Gasteiger partial charge in [-0.3, -0.25) is 14.9 Å². The highest BCUT2D eigenvalue weighted by Gasteiger charge is 2.34. The standard InChI is InChI=1S/C20H22IN3O4S/c21-19-15-23(14-17-5-2-1-3-6-17)11-12-24(19)29(27,28)18-8-4-7-16(13-18)9-10-20(25)22-26/h1-10,13,19,26H,11-12,14-15H2,(H,22,25). The number of sulfonamides is 1. The molecule has 1 amide bonds. The Morgan fingerprint density at radius 2 is 1.93 bits per heavy atom. The van der Waals surface area contributed by atoms with Gasteiger partial charge in [-0.15, -0.1) is 0 Å². The maximum atomic E-state index is 13.2. The molecule has 0 spiro atoms. The van der Waals surface area contributed by atoms with Gasteiger partial charge in [-0.25, -0.2) is 13.9 Å². The minimum atomic E-state index is -3.66. The molecule has 0 saturated carbocycles. The SMILES string of the molecule is O=C(C=Cc1cccc(S(=O)(=O)N2CCN(Cc3ccccc3)CC2I)c1)NO. The molecule has 0 radical (unpaired) electrons. The number of alkyl halides is 1. The van der Waals surface area contributed by atoms with Gasteiger partial charge in [0, 0.05) is 32.3 Å². The van der Waals surface area contributed by atoms with Crippen LogP contribution < -0.4 is 5.48 Å². The zero-order valence-corrected chi connectivity index (χ0v) is 18.6. The second-order valence-electron chi connectivity index (χ2n) is 6.65. The van der Waals surface area contributed by atoms with Crippen LogP contribution in [-0.2, 0) is 21.4 Å². The van der Waals surface area contributed by atoms with Crippen LogP contribution in [0.2, 0.25) is 0 Å². The number of rotatable bonds is 6. The predicted octanol–water partition coefficient (Wildman–Crippen LogP) is 2.47. The molecule has 1 unspecified atom stereocenters. The van der Waals surface area contributed by atoms with Crippen LogP contribution in [-0.4, -0.2) is 52.4 Å². The number of nitrogens with one attached hydrogen (secondary N) is 1. The maximum absolute atomic E-state index is 13.2. The lowest BCUT2D eigenvalue weighted by molar-refractivity contribution is -0.124. The Morgan fingerprint density at radius 1 is 1.17 bits per heavy atom. The number of piperazine rings is 1. The van der Waals surface area contributed by atoms with Gasteiger partial charge in [-0.2, -0.15) is 4.31 Å². The van der Waals surface area contributed by atoms with Crippen molar-refractivity contribution in [1.29, 1.82) is 0 Å². The van der Waals surface area contributed by atoms with Gasteiger partial charge in [0.25, 0.3) is 5.91 Å². The summed E-state index contributed by atoms with van der Waals surface area (Å²) < 4.78 is 27.7. The van der Waals surface area contributed by atoms with Gasteiger partial charge in [0.15, 0.2) is 0 Å². The molecular weight excluding hydrogens is 505 g/mol. The van der Waals surface area contributed by atoms with E-state index in [0.29, 0.717) is 25.2 Å². The van der Waals surface area contributed by atoms with E-state index >= 15 is 0 Å². The number of hydrogen-bond donors (Lipinski definition) is 2. The number of hydroxylamine groups is 1. The summed E-state index contributed by atoms with van der Waals surface area (Å²) in [5, 5.41) is 8.55. The third kappa shape index (κ3) is 5.64. The largest absolute Gasteiger partial charge is 0.295 e. The fourth-order valence-corrected chi connectivity index (χ4v) is 6.38. The van der Waals surface area contributed by atoms with Crippen molar-refractivity contribution in [3.8, 4) is 0 Å². The molecule has 0 bridgehead atoms. The van der Waals surface area contributed by atoms with E-state index in [1.807, 2.05) is 18.2 Å². The highest BCUT2D eigenvalue weighted by molar-refractivity contribution is 14.1. The molecule has 7 nitrogen and oxygen atoms in total. The van der Waals surface area contributed by atoms with Crippen LogP contribution in [0.15, 0.2) is 65.6 Å². The summed E-state index contributed by atoms with van der Waals surface area (Å²) in [6, 6.07) is 16.5. The van der Waals surface area contributed by atoms with Crippen molar-refractivity contribution >= 4 is 44.6 Å². The third-order valence-corrected chi connectivity index (χ3v) is 7.96. The Morgan fingerprint density at radius 3 is 2.62 bits per heavy atom. The van der Waals surface area contributed by atoms with Crippen molar-refractivity contribution in [1.82, 2.24) is 14.7 Å². The van der Waals surface area contributed by atoms with E-state index in [9.17, 15) is 13.2 Å². The van der Waals surface area contributed by atoms with Crippen molar-refractivity contribution in [3.63, 3.8) is 0 Å². The summed E-state index contributed by atoms with van der Waals surface area (Å²) in [5.74, 6) is -0.680. The van der Waals surface area contributed by atoms with Gasteiger partial charge in [-0.1, -0.05) is 65.1 Å². The van der Waals surface area contributed by atoms with Crippen LogP contribution in [0.25, 0.3) is 6.08 Å². The number of benzene rings is 2.